The molecule has 34 heavy (non-hydrogen) atoms. The van der Waals surface area contributed by atoms with Crippen LogP contribution in [0.3, 0.4) is 0 Å². The van der Waals surface area contributed by atoms with Crippen LogP contribution in [0.15, 0.2) is 115 Å². The highest BCUT2D eigenvalue weighted by atomic mass is 19.2. The van der Waals surface area contributed by atoms with Crippen molar-refractivity contribution in [3.8, 4) is 11.1 Å². The van der Waals surface area contributed by atoms with Crippen molar-refractivity contribution in [1.29, 1.82) is 0 Å². The Bertz CT molecular complexity index is 1210. The lowest BCUT2D eigenvalue weighted by molar-refractivity contribution is 0.224. The quantitative estimate of drug-likeness (QED) is 0.193. The third-order valence-corrected chi connectivity index (χ3v) is 4.86. The summed E-state index contributed by atoms with van der Waals surface area (Å²) in [5, 5.41) is 0. The molecule has 0 fully saturated rings. The van der Waals surface area contributed by atoms with Gasteiger partial charge in [0.1, 0.15) is 0 Å². The maximum atomic E-state index is 14.6. The Morgan fingerprint density at radius 2 is 1.50 bits per heavy atom. The van der Waals surface area contributed by atoms with Gasteiger partial charge in [-0.05, 0) is 30.6 Å². The Labute approximate surface area is 198 Å². The zero-order valence-electron chi connectivity index (χ0n) is 19.2. The first-order valence-corrected chi connectivity index (χ1v) is 10.4. The van der Waals surface area contributed by atoms with Crippen molar-refractivity contribution >= 4 is 6.08 Å². The van der Waals surface area contributed by atoms with E-state index in [0.29, 0.717) is 11.1 Å². The van der Waals surface area contributed by atoms with Crippen molar-refractivity contribution < 1.29 is 22.3 Å². The molecule has 0 aliphatic heterocycles. The minimum Gasteiger partial charge on any atom is -0.491 e. The van der Waals surface area contributed by atoms with Gasteiger partial charge >= 0.3 is 0 Å². The summed E-state index contributed by atoms with van der Waals surface area (Å²) in [5.41, 5.74) is 1.99. The summed E-state index contributed by atoms with van der Waals surface area (Å²) >= 11 is 0. The monoisotopic (exact) mass is 466 g/mol. The lowest BCUT2D eigenvalue weighted by atomic mass is 10.0. The largest absolute Gasteiger partial charge is 0.491 e. The summed E-state index contributed by atoms with van der Waals surface area (Å²) < 4.78 is 62.2. The molecule has 0 saturated carbocycles. The summed E-state index contributed by atoms with van der Waals surface area (Å²) in [7, 11) is 0. The number of hydrogen-bond donors (Lipinski definition) is 0. The van der Waals surface area contributed by atoms with Gasteiger partial charge in [-0.25, -0.2) is 13.2 Å². The standard InChI is InChI=1S/C29H26F4O/c1-7-34-22(6)27(31)26(30)21(5)20(4)12-8-18(2)11-15-24-16-17-25(29(33)28(24)32)23-13-9-19(3)10-14-23/h8-17H,2,4-7H2,1,3H3/b12-8-,15-11+,27-26-. The van der Waals surface area contributed by atoms with Crippen LogP contribution in [0, 0.1) is 18.6 Å². The third kappa shape index (κ3) is 6.58. The molecular weight excluding hydrogens is 440 g/mol. The van der Waals surface area contributed by atoms with Crippen LogP contribution in [0.25, 0.3) is 17.2 Å². The fourth-order valence-electron chi connectivity index (χ4n) is 2.84. The summed E-state index contributed by atoms with van der Waals surface area (Å²) in [5.74, 6) is -4.86. The average molecular weight is 467 g/mol. The molecule has 0 atom stereocenters. The molecule has 2 aromatic rings. The molecule has 5 heteroatoms. The second-order valence-electron chi connectivity index (χ2n) is 7.43. The van der Waals surface area contributed by atoms with Crippen LogP contribution in [0.4, 0.5) is 17.6 Å². The number of hydrogen-bond acceptors (Lipinski definition) is 1. The van der Waals surface area contributed by atoms with E-state index >= 15 is 0 Å². The SMILES string of the molecule is C=C(/C=C\C(=C)C(=C)/C(F)=C(/F)C(=C)OCC)/C=C/c1ccc(-c2ccc(C)cc2)c(F)c1F. The molecule has 0 spiro atoms. The number of allylic oxidation sites excluding steroid dienone is 8. The molecule has 0 aliphatic carbocycles. The smallest absolute Gasteiger partial charge is 0.200 e. The van der Waals surface area contributed by atoms with Gasteiger partial charge in [0.25, 0.3) is 0 Å². The highest BCUT2D eigenvalue weighted by Gasteiger charge is 2.15. The number of ether oxygens (including phenoxy) is 1. The van der Waals surface area contributed by atoms with E-state index in [0.717, 1.165) is 5.56 Å². The van der Waals surface area contributed by atoms with Crippen molar-refractivity contribution in [3.63, 3.8) is 0 Å². The first kappa shape index (κ1) is 26.4. The molecule has 0 bridgehead atoms. The van der Waals surface area contributed by atoms with E-state index in [1.165, 1.54) is 36.4 Å². The van der Waals surface area contributed by atoms with E-state index in [-0.39, 0.29) is 28.9 Å². The topological polar surface area (TPSA) is 9.23 Å². The van der Waals surface area contributed by atoms with Gasteiger partial charge in [0.05, 0.1) is 6.61 Å². The van der Waals surface area contributed by atoms with E-state index < -0.39 is 29.0 Å². The summed E-state index contributed by atoms with van der Waals surface area (Å²) in [6.07, 6.45) is 5.66. The summed E-state index contributed by atoms with van der Waals surface area (Å²) in [4.78, 5) is 0. The van der Waals surface area contributed by atoms with Gasteiger partial charge < -0.3 is 4.74 Å². The van der Waals surface area contributed by atoms with Gasteiger partial charge in [-0.1, -0.05) is 92.6 Å². The van der Waals surface area contributed by atoms with Gasteiger partial charge in [0.2, 0.25) is 5.83 Å². The van der Waals surface area contributed by atoms with Crippen LogP contribution >= 0.6 is 0 Å². The average Bonchev–Trinajstić information content (AvgIpc) is 2.82. The van der Waals surface area contributed by atoms with Crippen molar-refractivity contribution in [3.05, 3.63) is 138 Å². The predicted molar refractivity (Wildman–Crippen MR) is 132 cm³/mol. The Balaban J connectivity index is 2.12. The second kappa shape index (κ2) is 11.8. The molecule has 0 amide bonds. The second-order valence-corrected chi connectivity index (χ2v) is 7.43. The van der Waals surface area contributed by atoms with Crippen LogP contribution in [0.5, 0.6) is 0 Å². The molecule has 0 N–H and O–H groups in total. The van der Waals surface area contributed by atoms with E-state index in [9.17, 15) is 17.6 Å². The molecule has 0 aliphatic rings. The fraction of sp³-hybridized carbons (Fsp3) is 0.103. The van der Waals surface area contributed by atoms with Crippen molar-refractivity contribution in [1.82, 2.24) is 0 Å². The molecule has 2 rings (SSSR count). The molecule has 0 aromatic heterocycles. The maximum absolute atomic E-state index is 14.6. The van der Waals surface area contributed by atoms with Crippen LogP contribution in [0.1, 0.15) is 18.1 Å². The van der Waals surface area contributed by atoms with Gasteiger partial charge in [0.15, 0.2) is 23.2 Å². The van der Waals surface area contributed by atoms with E-state index in [1.807, 2.05) is 19.1 Å². The van der Waals surface area contributed by atoms with Crippen molar-refractivity contribution in [2.75, 3.05) is 6.61 Å². The Morgan fingerprint density at radius 1 is 0.853 bits per heavy atom. The number of rotatable bonds is 10. The lowest BCUT2D eigenvalue weighted by Crippen LogP contribution is -1.95. The lowest BCUT2D eigenvalue weighted by Gasteiger charge is -2.08. The molecular formula is C29H26F4O. The van der Waals surface area contributed by atoms with Gasteiger partial charge in [-0.3, -0.25) is 0 Å². The minimum atomic E-state index is -1.26. The fourth-order valence-corrected chi connectivity index (χ4v) is 2.84. The number of benzene rings is 2. The van der Waals surface area contributed by atoms with Crippen LogP contribution in [-0.4, -0.2) is 6.61 Å². The minimum absolute atomic E-state index is 0.0385. The predicted octanol–water partition coefficient (Wildman–Crippen LogP) is 8.88. The van der Waals surface area contributed by atoms with Gasteiger partial charge in [-0.15, -0.1) is 0 Å². The van der Waals surface area contributed by atoms with Crippen LogP contribution in [0.2, 0.25) is 0 Å². The van der Waals surface area contributed by atoms with E-state index in [4.69, 9.17) is 4.74 Å². The summed E-state index contributed by atoms with van der Waals surface area (Å²) in [6.45, 7) is 17.9. The highest BCUT2D eigenvalue weighted by Crippen LogP contribution is 2.28. The molecule has 2 aromatic carbocycles. The third-order valence-electron chi connectivity index (χ3n) is 4.86. The molecule has 0 saturated heterocycles. The molecule has 0 unspecified atom stereocenters. The molecule has 0 heterocycles. The molecule has 1 nitrogen and oxygen atoms in total. The Kier molecular flexibility index (Phi) is 9.19. The van der Waals surface area contributed by atoms with Gasteiger partial charge in [-0.2, -0.15) is 4.39 Å². The summed E-state index contributed by atoms with van der Waals surface area (Å²) in [6, 6.07) is 10.1. The maximum Gasteiger partial charge on any atom is 0.200 e. The number of aryl methyl sites for hydroxylation is 1. The first-order valence-electron chi connectivity index (χ1n) is 10.4. The Hall–Kier alpha value is -3.86. The van der Waals surface area contributed by atoms with Crippen LogP contribution < -0.4 is 0 Å². The normalized spacial score (nSPS) is 12.1. The molecule has 176 valence electrons. The van der Waals surface area contributed by atoms with Crippen LogP contribution in [-0.2, 0) is 4.74 Å². The highest BCUT2D eigenvalue weighted by molar-refractivity contribution is 5.68. The number of halogens is 4. The van der Waals surface area contributed by atoms with E-state index in [1.54, 1.807) is 19.1 Å². The van der Waals surface area contributed by atoms with Gasteiger partial charge in [0, 0.05) is 16.7 Å². The molecule has 0 radical (unpaired) electrons. The zero-order chi connectivity index (χ0) is 25.4. The Morgan fingerprint density at radius 3 is 2.12 bits per heavy atom. The van der Waals surface area contributed by atoms with Crippen molar-refractivity contribution in [2.24, 2.45) is 0 Å². The first-order chi connectivity index (χ1) is 16.1. The zero-order valence-corrected chi connectivity index (χ0v) is 19.2. The van der Waals surface area contributed by atoms with Crippen molar-refractivity contribution in [2.45, 2.75) is 13.8 Å². The van der Waals surface area contributed by atoms with E-state index in [2.05, 4.69) is 26.3 Å².